The normalized spacial score (nSPS) is 15.8. The van der Waals surface area contributed by atoms with Gasteiger partial charge in [0.05, 0.1) is 6.04 Å². The van der Waals surface area contributed by atoms with E-state index >= 15 is 0 Å². The van der Waals surface area contributed by atoms with Crippen molar-refractivity contribution in [2.24, 2.45) is 17.6 Å². The summed E-state index contributed by atoms with van der Waals surface area (Å²) < 4.78 is 0. The van der Waals surface area contributed by atoms with Gasteiger partial charge in [0.1, 0.15) is 0 Å². The first kappa shape index (κ1) is 14.5. The second-order valence-electron chi connectivity index (χ2n) is 5.60. The van der Waals surface area contributed by atoms with Crippen molar-refractivity contribution < 1.29 is 9.59 Å². The maximum absolute atomic E-state index is 11.9. The lowest BCUT2D eigenvalue weighted by atomic mass is 10.0. The van der Waals surface area contributed by atoms with Crippen LogP contribution < -0.4 is 16.4 Å². The molecule has 0 aliphatic heterocycles. The zero-order valence-corrected chi connectivity index (χ0v) is 11.8. The third-order valence-electron chi connectivity index (χ3n) is 3.37. The Hall–Kier alpha value is -1.88. The van der Waals surface area contributed by atoms with Crippen molar-refractivity contribution >= 4 is 23.2 Å². The van der Waals surface area contributed by atoms with Gasteiger partial charge in [-0.25, -0.2) is 0 Å². The predicted molar refractivity (Wildman–Crippen MR) is 79.2 cm³/mol. The Morgan fingerprint density at radius 1 is 1.20 bits per heavy atom. The number of carbonyl (C=O) groups excluding carboxylic acids is 2. The zero-order valence-electron chi connectivity index (χ0n) is 11.8. The van der Waals surface area contributed by atoms with Gasteiger partial charge in [0, 0.05) is 17.3 Å². The van der Waals surface area contributed by atoms with Crippen LogP contribution in [-0.2, 0) is 9.59 Å². The lowest BCUT2D eigenvalue weighted by Gasteiger charge is -2.15. The van der Waals surface area contributed by atoms with E-state index in [0.29, 0.717) is 11.4 Å². The fourth-order valence-electron chi connectivity index (χ4n) is 1.79. The van der Waals surface area contributed by atoms with Gasteiger partial charge in [0.25, 0.3) is 0 Å². The number of carbonyl (C=O) groups is 2. The van der Waals surface area contributed by atoms with E-state index in [1.807, 2.05) is 13.8 Å². The fraction of sp³-hybridized carbons (Fsp3) is 0.467. The van der Waals surface area contributed by atoms with E-state index in [2.05, 4.69) is 10.6 Å². The summed E-state index contributed by atoms with van der Waals surface area (Å²) in [6.07, 6.45) is 1.93. The average Bonchev–Trinajstić information content (AvgIpc) is 3.22. The molecule has 1 aromatic carbocycles. The highest BCUT2D eigenvalue weighted by molar-refractivity contribution is 5.97. The monoisotopic (exact) mass is 275 g/mol. The molecule has 0 spiro atoms. The van der Waals surface area contributed by atoms with Gasteiger partial charge in [-0.05, 0) is 37.0 Å². The summed E-state index contributed by atoms with van der Waals surface area (Å²) in [5, 5.41) is 5.61. The molecule has 1 aromatic rings. The van der Waals surface area contributed by atoms with Crippen molar-refractivity contribution in [1.29, 1.82) is 0 Å². The standard InChI is InChI=1S/C15H21N3O2/c1-9(2)13(16)15(20)18-12-5-3-4-11(8-12)17-14(19)10-6-7-10/h3-5,8-10,13H,6-7,16H2,1-2H3,(H,17,19)(H,18,20)/t13-/m1/s1. The summed E-state index contributed by atoms with van der Waals surface area (Å²) in [6, 6.07) is 6.57. The van der Waals surface area contributed by atoms with Crippen LogP contribution in [0.1, 0.15) is 26.7 Å². The highest BCUT2D eigenvalue weighted by Gasteiger charge is 2.29. The number of rotatable bonds is 5. The number of nitrogens with two attached hydrogens (primary N) is 1. The minimum absolute atomic E-state index is 0.0485. The molecule has 0 bridgehead atoms. The summed E-state index contributed by atoms with van der Waals surface area (Å²) in [5.74, 6) is 0.0633. The molecule has 0 radical (unpaired) electrons. The van der Waals surface area contributed by atoms with E-state index in [-0.39, 0.29) is 23.7 Å². The molecule has 1 fully saturated rings. The quantitative estimate of drug-likeness (QED) is 0.768. The Labute approximate surface area is 118 Å². The van der Waals surface area contributed by atoms with Gasteiger partial charge >= 0.3 is 0 Å². The van der Waals surface area contributed by atoms with Crippen LogP contribution in [0.5, 0.6) is 0 Å². The van der Waals surface area contributed by atoms with Crippen LogP contribution in [0.3, 0.4) is 0 Å². The Balaban J connectivity index is 1.98. The van der Waals surface area contributed by atoms with Gasteiger partial charge in [-0.15, -0.1) is 0 Å². The first-order valence-corrected chi connectivity index (χ1v) is 6.94. The van der Waals surface area contributed by atoms with Crippen LogP contribution in [0.4, 0.5) is 11.4 Å². The minimum Gasteiger partial charge on any atom is -0.326 e. The molecule has 2 rings (SSSR count). The Morgan fingerprint density at radius 2 is 1.80 bits per heavy atom. The van der Waals surface area contributed by atoms with Crippen LogP contribution in [-0.4, -0.2) is 17.9 Å². The smallest absolute Gasteiger partial charge is 0.241 e. The van der Waals surface area contributed by atoms with Crippen LogP contribution in [0.25, 0.3) is 0 Å². The number of benzene rings is 1. The van der Waals surface area contributed by atoms with Gasteiger partial charge in [-0.3, -0.25) is 9.59 Å². The molecular formula is C15H21N3O2. The molecule has 1 aliphatic carbocycles. The van der Waals surface area contributed by atoms with Crippen molar-refractivity contribution in [3.63, 3.8) is 0 Å². The van der Waals surface area contributed by atoms with E-state index in [0.717, 1.165) is 12.8 Å². The Bertz CT molecular complexity index is 510. The topological polar surface area (TPSA) is 84.2 Å². The molecular weight excluding hydrogens is 254 g/mol. The number of amides is 2. The molecule has 1 atom stereocenters. The molecule has 0 heterocycles. The highest BCUT2D eigenvalue weighted by atomic mass is 16.2. The van der Waals surface area contributed by atoms with E-state index in [1.54, 1.807) is 24.3 Å². The van der Waals surface area contributed by atoms with Crippen molar-refractivity contribution in [2.75, 3.05) is 10.6 Å². The predicted octanol–water partition coefficient (Wildman–Crippen LogP) is 1.96. The van der Waals surface area contributed by atoms with Gasteiger partial charge in [0.15, 0.2) is 0 Å². The highest BCUT2D eigenvalue weighted by Crippen LogP contribution is 2.30. The molecule has 1 aliphatic rings. The molecule has 4 N–H and O–H groups in total. The van der Waals surface area contributed by atoms with E-state index in [9.17, 15) is 9.59 Å². The minimum atomic E-state index is -0.542. The second-order valence-corrected chi connectivity index (χ2v) is 5.60. The summed E-state index contributed by atoms with van der Waals surface area (Å²) in [4.78, 5) is 23.6. The van der Waals surface area contributed by atoms with Crippen molar-refractivity contribution in [2.45, 2.75) is 32.7 Å². The molecule has 5 nitrogen and oxygen atoms in total. The molecule has 0 unspecified atom stereocenters. The van der Waals surface area contributed by atoms with E-state index < -0.39 is 6.04 Å². The van der Waals surface area contributed by atoms with Crippen molar-refractivity contribution in [3.05, 3.63) is 24.3 Å². The Morgan fingerprint density at radius 3 is 2.35 bits per heavy atom. The van der Waals surface area contributed by atoms with Gasteiger partial charge in [-0.1, -0.05) is 19.9 Å². The lowest BCUT2D eigenvalue weighted by molar-refractivity contribution is -0.118. The van der Waals surface area contributed by atoms with Gasteiger partial charge in [-0.2, -0.15) is 0 Å². The Kier molecular flexibility index (Phi) is 4.39. The second kappa shape index (κ2) is 6.05. The van der Waals surface area contributed by atoms with Crippen LogP contribution in [0.2, 0.25) is 0 Å². The van der Waals surface area contributed by atoms with E-state index in [4.69, 9.17) is 5.73 Å². The maximum Gasteiger partial charge on any atom is 0.241 e. The molecule has 0 aromatic heterocycles. The molecule has 108 valence electrons. The molecule has 5 heteroatoms. The fourth-order valence-corrected chi connectivity index (χ4v) is 1.79. The van der Waals surface area contributed by atoms with Gasteiger partial charge in [0.2, 0.25) is 11.8 Å². The van der Waals surface area contributed by atoms with Crippen LogP contribution >= 0.6 is 0 Å². The summed E-state index contributed by atoms with van der Waals surface area (Å²) in [6.45, 7) is 3.80. The lowest BCUT2D eigenvalue weighted by Crippen LogP contribution is -2.39. The first-order valence-electron chi connectivity index (χ1n) is 6.94. The maximum atomic E-state index is 11.9. The SMILES string of the molecule is CC(C)[C@@H](N)C(=O)Nc1cccc(NC(=O)C2CC2)c1. The molecule has 2 amide bonds. The molecule has 1 saturated carbocycles. The molecule has 20 heavy (non-hydrogen) atoms. The number of nitrogens with one attached hydrogen (secondary N) is 2. The van der Waals surface area contributed by atoms with Crippen LogP contribution in [0, 0.1) is 11.8 Å². The number of hydrogen-bond donors (Lipinski definition) is 3. The largest absolute Gasteiger partial charge is 0.326 e. The van der Waals surface area contributed by atoms with Crippen LogP contribution in [0.15, 0.2) is 24.3 Å². The van der Waals surface area contributed by atoms with E-state index in [1.165, 1.54) is 0 Å². The first-order chi connectivity index (χ1) is 9.47. The summed E-state index contributed by atoms with van der Waals surface area (Å²) in [5.41, 5.74) is 7.12. The number of anilines is 2. The van der Waals surface area contributed by atoms with Gasteiger partial charge < -0.3 is 16.4 Å². The summed E-state index contributed by atoms with van der Waals surface area (Å²) in [7, 11) is 0. The average molecular weight is 275 g/mol. The number of hydrogen-bond acceptors (Lipinski definition) is 3. The third kappa shape index (κ3) is 3.81. The third-order valence-corrected chi connectivity index (χ3v) is 3.37. The van der Waals surface area contributed by atoms with Crippen molar-refractivity contribution in [1.82, 2.24) is 0 Å². The van der Waals surface area contributed by atoms with Crippen molar-refractivity contribution in [3.8, 4) is 0 Å². The zero-order chi connectivity index (χ0) is 14.7. The summed E-state index contributed by atoms with van der Waals surface area (Å²) >= 11 is 0. The molecule has 0 saturated heterocycles.